The maximum absolute atomic E-state index is 5.20. The van der Waals surface area contributed by atoms with Gasteiger partial charge in [-0.05, 0) is 43.0 Å². The number of hydrogen-bond donors (Lipinski definition) is 1. The molecule has 2 nitrogen and oxygen atoms in total. The van der Waals surface area contributed by atoms with E-state index in [4.69, 9.17) is 4.42 Å². The van der Waals surface area contributed by atoms with Gasteiger partial charge < -0.3 is 9.73 Å². The second-order valence-electron chi connectivity index (χ2n) is 6.00. The first-order valence-electron chi connectivity index (χ1n) is 7.43. The van der Waals surface area contributed by atoms with Crippen molar-refractivity contribution in [1.82, 2.24) is 5.32 Å². The van der Waals surface area contributed by atoms with Crippen molar-refractivity contribution in [2.24, 2.45) is 5.92 Å². The molecule has 2 heteroatoms. The summed E-state index contributed by atoms with van der Waals surface area (Å²) in [5.41, 5.74) is 3.99. The fourth-order valence-corrected chi connectivity index (χ4v) is 2.47. The minimum absolute atomic E-state index is 0.492. The van der Waals surface area contributed by atoms with Crippen molar-refractivity contribution in [2.45, 2.75) is 33.1 Å². The SMILES string of the molecule is Cc1cccc(C(CNCC(C)C)Cc2ccoc2)c1. The molecule has 1 unspecified atom stereocenters. The Balaban J connectivity index is 2.06. The van der Waals surface area contributed by atoms with Crippen molar-refractivity contribution in [3.63, 3.8) is 0 Å². The van der Waals surface area contributed by atoms with Crippen LogP contribution >= 0.6 is 0 Å². The molecule has 0 saturated heterocycles. The molecule has 0 bridgehead atoms. The molecule has 1 atom stereocenters. The van der Waals surface area contributed by atoms with Gasteiger partial charge in [-0.2, -0.15) is 0 Å². The van der Waals surface area contributed by atoms with E-state index < -0.39 is 0 Å². The standard InChI is InChI=1S/C18H25NO/c1-14(2)11-19-12-18(10-16-7-8-20-13-16)17-6-4-5-15(3)9-17/h4-9,13-14,18-19H,10-12H2,1-3H3. The lowest BCUT2D eigenvalue weighted by atomic mass is 9.92. The molecule has 1 aromatic carbocycles. The summed E-state index contributed by atoms with van der Waals surface area (Å²) in [5.74, 6) is 1.17. The van der Waals surface area contributed by atoms with E-state index in [-0.39, 0.29) is 0 Å². The van der Waals surface area contributed by atoms with E-state index in [2.05, 4.69) is 56.4 Å². The Hall–Kier alpha value is -1.54. The number of furan rings is 1. The molecule has 2 aromatic rings. The Labute approximate surface area is 122 Å². The third-order valence-corrected chi connectivity index (χ3v) is 3.52. The zero-order valence-corrected chi connectivity index (χ0v) is 12.7. The van der Waals surface area contributed by atoms with Crippen molar-refractivity contribution in [1.29, 1.82) is 0 Å². The van der Waals surface area contributed by atoms with E-state index in [1.807, 2.05) is 6.26 Å². The maximum Gasteiger partial charge on any atom is 0.0934 e. The number of nitrogens with one attached hydrogen (secondary N) is 1. The predicted octanol–water partition coefficient (Wildman–Crippen LogP) is 4.16. The average molecular weight is 271 g/mol. The first kappa shape index (κ1) is 14.9. The third-order valence-electron chi connectivity index (χ3n) is 3.52. The lowest BCUT2D eigenvalue weighted by molar-refractivity contribution is 0.511. The predicted molar refractivity (Wildman–Crippen MR) is 84.0 cm³/mol. The topological polar surface area (TPSA) is 25.2 Å². The van der Waals surface area contributed by atoms with Crippen LogP contribution in [-0.4, -0.2) is 13.1 Å². The van der Waals surface area contributed by atoms with Crippen LogP contribution in [0.15, 0.2) is 47.3 Å². The number of rotatable bonds is 7. The minimum Gasteiger partial charge on any atom is -0.472 e. The summed E-state index contributed by atoms with van der Waals surface area (Å²) in [5, 5.41) is 3.58. The Bertz CT molecular complexity index is 502. The van der Waals surface area contributed by atoms with Crippen molar-refractivity contribution < 1.29 is 4.42 Å². The van der Waals surface area contributed by atoms with E-state index in [1.165, 1.54) is 16.7 Å². The molecule has 1 N–H and O–H groups in total. The number of aryl methyl sites for hydroxylation is 1. The highest BCUT2D eigenvalue weighted by molar-refractivity contribution is 5.27. The van der Waals surface area contributed by atoms with Crippen LogP contribution in [-0.2, 0) is 6.42 Å². The maximum atomic E-state index is 5.20. The molecule has 2 rings (SSSR count). The molecule has 0 fully saturated rings. The number of hydrogen-bond acceptors (Lipinski definition) is 2. The molecule has 108 valence electrons. The Morgan fingerprint density at radius 1 is 1.15 bits per heavy atom. The molecule has 20 heavy (non-hydrogen) atoms. The summed E-state index contributed by atoms with van der Waals surface area (Å²) in [6.07, 6.45) is 4.63. The second-order valence-corrected chi connectivity index (χ2v) is 6.00. The van der Waals surface area contributed by atoms with E-state index in [9.17, 15) is 0 Å². The first-order chi connectivity index (χ1) is 9.65. The molecular formula is C18H25NO. The molecular weight excluding hydrogens is 246 g/mol. The zero-order valence-electron chi connectivity index (χ0n) is 12.7. The fraction of sp³-hybridized carbons (Fsp3) is 0.444. The normalized spacial score (nSPS) is 12.8. The van der Waals surface area contributed by atoms with Crippen LogP contribution in [0.1, 0.15) is 36.5 Å². The Morgan fingerprint density at radius 3 is 2.65 bits per heavy atom. The molecule has 0 aliphatic carbocycles. The van der Waals surface area contributed by atoms with Gasteiger partial charge in [0.2, 0.25) is 0 Å². The average Bonchev–Trinajstić information content (AvgIpc) is 2.90. The highest BCUT2D eigenvalue weighted by atomic mass is 16.3. The van der Waals surface area contributed by atoms with Gasteiger partial charge in [-0.25, -0.2) is 0 Å². The van der Waals surface area contributed by atoms with E-state index in [0.29, 0.717) is 11.8 Å². The van der Waals surface area contributed by atoms with Gasteiger partial charge in [0.15, 0.2) is 0 Å². The van der Waals surface area contributed by atoms with Crippen molar-refractivity contribution in [3.8, 4) is 0 Å². The van der Waals surface area contributed by atoms with Gasteiger partial charge >= 0.3 is 0 Å². The molecule has 0 aliphatic heterocycles. The molecule has 0 saturated carbocycles. The van der Waals surface area contributed by atoms with Crippen LogP contribution in [0.25, 0.3) is 0 Å². The highest BCUT2D eigenvalue weighted by Crippen LogP contribution is 2.21. The van der Waals surface area contributed by atoms with Gasteiger partial charge in [-0.1, -0.05) is 43.7 Å². The Morgan fingerprint density at radius 2 is 2.00 bits per heavy atom. The summed E-state index contributed by atoms with van der Waals surface area (Å²) in [6.45, 7) is 8.70. The van der Waals surface area contributed by atoms with Crippen LogP contribution < -0.4 is 5.32 Å². The van der Waals surface area contributed by atoms with Gasteiger partial charge in [0.1, 0.15) is 0 Å². The fourth-order valence-electron chi connectivity index (χ4n) is 2.47. The lowest BCUT2D eigenvalue weighted by Crippen LogP contribution is -2.26. The van der Waals surface area contributed by atoms with Crippen LogP contribution in [0.5, 0.6) is 0 Å². The molecule has 0 spiro atoms. The molecule has 0 aliphatic rings. The molecule has 0 amide bonds. The summed E-state index contributed by atoms with van der Waals surface area (Å²) in [4.78, 5) is 0. The second kappa shape index (κ2) is 7.30. The smallest absolute Gasteiger partial charge is 0.0934 e. The monoisotopic (exact) mass is 271 g/mol. The van der Waals surface area contributed by atoms with Crippen LogP contribution in [0.4, 0.5) is 0 Å². The molecule has 1 heterocycles. The molecule has 1 aromatic heterocycles. The van der Waals surface area contributed by atoms with Gasteiger partial charge in [-0.15, -0.1) is 0 Å². The first-order valence-corrected chi connectivity index (χ1v) is 7.43. The van der Waals surface area contributed by atoms with E-state index >= 15 is 0 Å². The zero-order chi connectivity index (χ0) is 14.4. The summed E-state index contributed by atoms with van der Waals surface area (Å²) in [7, 11) is 0. The Kier molecular flexibility index (Phi) is 5.42. The van der Waals surface area contributed by atoms with Crippen LogP contribution in [0.3, 0.4) is 0 Å². The quantitative estimate of drug-likeness (QED) is 0.818. The van der Waals surface area contributed by atoms with Gasteiger partial charge in [0.05, 0.1) is 12.5 Å². The van der Waals surface area contributed by atoms with Crippen molar-refractivity contribution in [2.75, 3.05) is 13.1 Å². The largest absolute Gasteiger partial charge is 0.472 e. The van der Waals surface area contributed by atoms with Crippen LogP contribution in [0, 0.1) is 12.8 Å². The van der Waals surface area contributed by atoms with Crippen LogP contribution in [0.2, 0.25) is 0 Å². The minimum atomic E-state index is 0.492. The molecule has 0 radical (unpaired) electrons. The summed E-state index contributed by atoms with van der Waals surface area (Å²) in [6, 6.07) is 10.9. The van der Waals surface area contributed by atoms with E-state index in [1.54, 1.807) is 6.26 Å². The van der Waals surface area contributed by atoms with Crippen molar-refractivity contribution in [3.05, 3.63) is 59.5 Å². The number of benzene rings is 1. The van der Waals surface area contributed by atoms with Gasteiger partial charge in [-0.3, -0.25) is 0 Å². The third kappa shape index (κ3) is 4.53. The van der Waals surface area contributed by atoms with Gasteiger partial charge in [0, 0.05) is 12.5 Å². The summed E-state index contributed by atoms with van der Waals surface area (Å²) >= 11 is 0. The van der Waals surface area contributed by atoms with E-state index in [0.717, 1.165) is 19.5 Å². The summed E-state index contributed by atoms with van der Waals surface area (Å²) < 4.78 is 5.20. The van der Waals surface area contributed by atoms with Crippen molar-refractivity contribution >= 4 is 0 Å². The lowest BCUT2D eigenvalue weighted by Gasteiger charge is -2.19. The van der Waals surface area contributed by atoms with Gasteiger partial charge in [0.25, 0.3) is 0 Å². The highest BCUT2D eigenvalue weighted by Gasteiger charge is 2.13.